The minimum atomic E-state index is -0.468. The number of halogens is 1. The second-order valence-corrected chi connectivity index (χ2v) is 11.1. The molecule has 0 radical (unpaired) electrons. The standard InChI is InChI=1S/C28H30ClN3O3S/c1-6-10-32-23-11-17(2)19(12-22(23)18(3)15-28(32,4)5)13-24-26(34)31(27(35)36-24)16-25(33)30-21-9-7-8-20(29)14-21/h7-9,11-15H,6,10,16H2,1-5H3,(H,30,33)/b24-13+. The van der Waals surface area contributed by atoms with Crippen molar-refractivity contribution in [2.45, 2.75) is 46.6 Å². The van der Waals surface area contributed by atoms with Crippen molar-refractivity contribution in [1.29, 1.82) is 0 Å². The first-order valence-corrected chi connectivity index (χ1v) is 13.1. The highest BCUT2D eigenvalue weighted by atomic mass is 35.5. The van der Waals surface area contributed by atoms with Crippen LogP contribution < -0.4 is 10.2 Å². The number of thioether (sulfide) groups is 1. The van der Waals surface area contributed by atoms with E-state index in [1.807, 2.05) is 6.92 Å². The highest BCUT2D eigenvalue weighted by Gasteiger charge is 2.37. The van der Waals surface area contributed by atoms with Crippen molar-refractivity contribution in [3.05, 3.63) is 69.1 Å². The van der Waals surface area contributed by atoms with E-state index < -0.39 is 17.1 Å². The molecule has 0 aliphatic carbocycles. The molecule has 6 nitrogen and oxygen atoms in total. The van der Waals surface area contributed by atoms with Crippen molar-refractivity contribution in [3.8, 4) is 0 Å². The predicted molar refractivity (Wildman–Crippen MR) is 149 cm³/mol. The Morgan fingerprint density at radius 1 is 1.17 bits per heavy atom. The lowest BCUT2D eigenvalue weighted by atomic mass is 9.86. The van der Waals surface area contributed by atoms with Gasteiger partial charge in [-0.05, 0) is 99.0 Å². The van der Waals surface area contributed by atoms with Gasteiger partial charge < -0.3 is 10.2 Å². The van der Waals surface area contributed by atoms with E-state index in [-0.39, 0.29) is 12.1 Å². The van der Waals surface area contributed by atoms with Crippen molar-refractivity contribution in [3.63, 3.8) is 0 Å². The van der Waals surface area contributed by atoms with Crippen LogP contribution in [0.2, 0.25) is 5.02 Å². The van der Waals surface area contributed by atoms with Crippen molar-refractivity contribution >= 4 is 63.4 Å². The molecular formula is C28H30ClN3O3S. The van der Waals surface area contributed by atoms with Gasteiger partial charge >= 0.3 is 0 Å². The molecule has 2 aromatic rings. The molecule has 1 saturated heterocycles. The van der Waals surface area contributed by atoms with E-state index in [0.717, 1.165) is 46.3 Å². The van der Waals surface area contributed by atoms with Gasteiger partial charge in [-0.2, -0.15) is 0 Å². The van der Waals surface area contributed by atoms with E-state index in [0.29, 0.717) is 15.6 Å². The number of carbonyl (C=O) groups excluding carboxylic acids is 3. The number of benzene rings is 2. The predicted octanol–water partition coefficient (Wildman–Crippen LogP) is 6.74. The SMILES string of the molecule is CCCN1c2cc(C)c(/C=C3/SC(=O)N(CC(=O)Nc4cccc(Cl)c4)C3=O)cc2C(C)=CC1(C)C. The average Bonchev–Trinajstić information content (AvgIpc) is 3.04. The fourth-order valence-corrected chi connectivity index (χ4v) is 5.74. The largest absolute Gasteiger partial charge is 0.362 e. The van der Waals surface area contributed by atoms with Gasteiger partial charge in [-0.15, -0.1) is 0 Å². The zero-order valence-corrected chi connectivity index (χ0v) is 22.7. The number of nitrogens with zero attached hydrogens (tertiary/aromatic N) is 2. The van der Waals surface area contributed by atoms with Gasteiger partial charge in [0.1, 0.15) is 6.54 Å². The zero-order chi connectivity index (χ0) is 26.2. The molecule has 1 N–H and O–H groups in total. The minimum absolute atomic E-state index is 0.0879. The molecule has 188 valence electrons. The van der Waals surface area contributed by atoms with E-state index >= 15 is 0 Å². The second kappa shape index (κ2) is 10.1. The van der Waals surface area contributed by atoms with E-state index in [4.69, 9.17) is 11.6 Å². The first kappa shape index (κ1) is 26.0. The van der Waals surface area contributed by atoms with Crippen molar-refractivity contribution < 1.29 is 14.4 Å². The van der Waals surface area contributed by atoms with Crippen LogP contribution in [0.15, 0.2) is 47.4 Å². The van der Waals surface area contributed by atoms with Crippen molar-refractivity contribution in [1.82, 2.24) is 4.90 Å². The number of imide groups is 1. The first-order chi connectivity index (χ1) is 17.0. The fraction of sp³-hybridized carbons (Fsp3) is 0.321. The number of hydrogen-bond donors (Lipinski definition) is 1. The number of anilines is 2. The van der Waals surface area contributed by atoms with Gasteiger partial charge in [0, 0.05) is 28.5 Å². The number of allylic oxidation sites excluding steroid dienone is 1. The highest BCUT2D eigenvalue weighted by molar-refractivity contribution is 8.18. The number of aryl methyl sites for hydroxylation is 1. The third kappa shape index (κ3) is 5.22. The quantitative estimate of drug-likeness (QED) is 0.425. The summed E-state index contributed by atoms with van der Waals surface area (Å²) in [6.45, 7) is 11.3. The van der Waals surface area contributed by atoms with Crippen LogP contribution in [0.25, 0.3) is 11.6 Å². The third-order valence-electron chi connectivity index (χ3n) is 6.38. The lowest BCUT2D eigenvalue weighted by Crippen LogP contribution is -2.45. The molecule has 2 aliphatic rings. The average molecular weight is 524 g/mol. The van der Waals surface area contributed by atoms with Crippen molar-refractivity contribution in [2.75, 3.05) is 23.3 Å². The van der Waals surface area contributed by atoms with Gasteiger partial charge in [-0.1, -0.05) is 30.7 Å². The van der Waals surface area contributed by atoms with Crippen LogP contribution in [0.4, 0.5) is 16.2 Å². The third-order valence-corrected chi connectivity index (χ3v) is 7.53. The van der Waals surface area contributed by atoms with Crippen LogP contribution >= 0.6 is 23.4 Å². The summed E-state index contributed by atoms with van der Waals surface area (Å²) in [5.41, 5.74) is 5.81. The van der Waals surface area contributed by atoms with Gasteiger partial charge in [-0.3, -0.25) is 19.3 Å². The van der Waals surface area contributed by atoms with Crippen LogP contribution in [-0.4, -0.2) is 40.6 Å². The summed E-state index contributed by atoms with van der Waals surface area (Å²) in [6.07, 6.45) is 5.07. The Hall–Kier alpha value is -3.03. The molecule has 0 atom stereocenters. The van der Waals surface area contributed by atoms with Crippen LogP contribution in [-0.2, 0) is 9.59 Å². The Balaban J connectivity index is 1.57. The summed E-state index contributed by atoms with van der Waals surface area (Å²) in [6, 6.07) is 11.0. The van der Waals surface area contributed by atoms with E-state index in [1.165, 1.54) is 11.3 Å². The summed E-state index contributed by atoms with van der Waals surface area (Å²) < 4.78 is 0. The smallest absolute Gasteiger partial charge is 0.294 e. The molecule has 0 saturated carbocycles. The molecule has 4 rings (SSSR count). The number of hydrogen-bond acceptors (Lipinski definition) is 5. The molecule has 2 heterocycles. The Kier molecular flexibility index (Phi) is 7.34. The summed E-state index contributed by atoms with van der Waals surface area (Å²) in [4.78, 5) is 41.8. The zero-order valence-electron chi connectivity index (χ0n) is 21.1. The summed E-state index contributed by atoms with van der Waals surface area (Å²) in [5, 5.41) is 2.69. The summed E-state index contributed by atoms with van der Waals surface area (Å²) in [5.74, 6) is -0.936. The van der Waals surface area contributed by atoms with Crippen molar-refractivity contribution in [2.24, 2.45) is 0 Å². The molecular weight excluding hydrogens is 494 g/mol. The van der Waals surface area contributed by atoms with Gasteiger partial charge in [0.2, 0.25) is 5.91 Å². The van der Waals surface area contributed by atoms with E-state index in [9.17, 15) is 14.4 Å². The Labute approximate surface area is 221 Å². The number of nitrogens with one attached hydrogen (secondary N) is 1. The molecule has 0 spiro atoms. The molecule has 3 amide bonds. The fourth-order valence-electron chi connectivity index (χ4n) is 4.72. The van der Waals surface area contributed by atoms with E-state index in [1.54, 1.807) is 30.3 Å². The molecule has 2 aromatic carbocycles. The maximum Gasteiger partial charge on any atom is 0.294 e. The van der Waals surface area contributed by atoms with Gasteiger partial charge in [0.25, 0.3) is 11.1 Å². The van der Waals surface area contributed by atoms with Crippen LogP contribution in [0.1, 0.15) is 50.8 Å². The Morgan fingerprint density at radius 3 is 2.61 bits per heavy atom. The molecule has 0 unspecified atom stereocenters. The minimum Gasteiger partial charge on any atom is -0.362 e. The topological polar surface area (TPSA) is 69.7 Å². The van der Waals surface area contributed by atoms with Crippen LogP contribution in [0.5, 0.6) is 0 Å². The highest BCUT2D eigenvalue weighted by Crippen LogP contribution is 2.41. The first-order valence-electron chi connectivity index (χ1n) is 11.9. The lowest BCUT2D eigenvalue weighted by Gasteiger charge is -2.43. The Bertz CT molecular complexity index is 1320. The number of rotatable bonds is 6. The number of carbonyl (C=O) groups is 3. The number of amides is 3. The van der Waals surface area contributed by atoms with Gasteiger partial charge in [0.05, 0.1) is 10.4 Å². The van der Waals surface area contributed by atoms with Gasteiger partial charge in [-0.25, -0.2) is 0 Å². The van der Waals surface area contributed by atoms with Crippen LogP contribution in [0.3, 0.4) is 0 Å². The number of fused-ring (bicyclic) bond motifs is 1. The lowest BCUT2D eigenvalue weighted by molar-refractivity contribution is -0.127. The maximum atomic E-state index is 13.0. The van der Waals surface area contributed by atoms with E-state index in [2.05, 4.69) is 56.1 Å². The van der Waals surface area contributed by atoms with Crippen LogP contribution in [0, 0.1) is 6.92 Å². The molecule has 1 fully saturated rings. The molecule has 2 aliphatic heterocycles. The normalized spacial score (nSPS) is 17.9. The second-order valence-electron chi connectivity index (χ2n) is 9.68. The maximum absolute atomic E-state index is 13.0. The molecule has 0 bridgehead atoms. The molecule has 8 heteroatoms. The monoisotopic (exact) mass is 523 g/mol. The Morgan fingerprint density at radius 2 is 1.92 bits per heavy atom. The van der Waals surface area contributed by atoms with Gasteiger partial charge in [0.15, 0.2) is 0 Å². The molecule has 36 heavy (non-hydrogen) atoms. The summed E-state index contributed by atoms with van der Waals surface area (Å²) in [7, 11) is 0. The summed E-state index contributed by atoms with van der Waals surface area (Å²) >= 11 is 6.81. The molecule has 0 aromatic heterocycles.